The van der Waals surface area contributed by atoms with E-state index in [0.29, 0.717) is 40.1 Å². The molecular weight excluding hydrogens is 372 g/mol. The van der Waals surface area contributed by atoms with Gasteiger partial charge in [-0.25, -0.2) is 4.21 Å². The lowest BCUT2D eigenvalue weighted by Gasteiger charge is -2.12. The molecule has 1 heterocycles. The first-order valence-corrected chi connectivity index (χ1v) is 9.38. The second-order valence-electron chi connectivity index (χ2n) is 5.50. The van der Waals surface area contributed by atoms with Crippen LogP contribution in [0.25, 0.3) is 0 Å². The van der Waals surface area contributed by atoms with Crippen LogP contribution in [-0.4, -0.2) is 13.7 Å². The van der Waals surface area contributed by atoms with Crippen LogP contribution in [0.4, 0.5) is 0 Å². The van der Waals surface area contributed by atoms with Crippen LogP contribution in [0.15, 0.2) is 71.9 Å². The zero-order valence-corrected chi connectivity index (χ0v) is 15.3. The Labute approximate surface area is 159 Å². The highest BCUT2D eigenvalue weighted by atomic mass is 35.5. The Hall–Kier alpha value is -2.25. The van der Waals surface area contributed by atoms with Crippen molar-refractivity contribution in [2.45, 2.75) is 18.0 Å². The van der Waals surface area contributed by atoms with Gasteiger partial charge in [-0.05, 0) is 47.5 Å². The number of hydrogen-bond acceptors (Lipinski definition) is 4. The lowest BCUT2D eigenvalue weighted by molar-refractivity contribution is 0.478. The average molecular weight is 389 g/mol. The quantitative estimate of drug-likeness (QED) is 0.587. The van der Waals surface area contributed by atoms with Crippen molar-refractivity contribution in [1.82, 2.24) is 10.3 Å². The van der Waals surface area contributed by atoms with E-state index in [0.717, 1.165) is 5.56 Å². The molecule has 1 unspecified atom stereocenters. The molecular formula is C19H17ClN2O3S. The average Bonchev–Trinajstić information content (AvgIpc) is 2.64. The van der Waals surface area contributed by atoms with Crippen LogP contribution in [0, 0.1) is 0 Å². The summed E-state index contributed by atoms with van der Waals surface area (Å²) in [6.07, 6.45) is 3.27. The molecule has 3 rings (SSSR count). The first-order chi connectivity index (χ1) is 12.6. The van der Waals surface area contributed by atoms with Crippen molar-refractivity contribution in [3.8, 4) is 11.5 Å². The minimum atomic E-state index is -2.08. The van der Waals surface area contributed by atoms with E-state index in [4.69, 9.17) is 16.3 Å². The summed E-state index contributed by atoms with van der Waals surface area (Å²) in [4.78, 5) is 4.34. The van der Waals surface area contributed by atoms with E-state index in [2.05, 4.69) is 10.3 Å². The maximum Gasteiger partial charge on any atom is 0.186 e. The second kappa shape index (κ2) is 8.91. The molecule has 134 valence electrons. The summed E-state index contributed by atoms with van der Waals surface area (Å²) in [5.41, 5.74) is 1.64. The van der Waals surface area contributed by atoms with Crippen LogP contribution in [-0.2, 0) is 24.2 Å². The predicted octanol–water partition coefficient (Wildman–Crippen LogP) is 4.40. The van der Waals surface area contributed by atoms with Gasteiger partial charge in [0.25, 0.3) is 0 Å². The van der Waals surface area contributed by atoms with Crippen molar-refractivity contribution in [2.75, 3.05) is 0 Å². The second-order valence-corrected chi connectivity index (χ2v) is 6.85. The molecule has 1 aromatic heterocycles. The van der Waals surface area contributed by atoms with Gasteiger partial charge < -0.3 is 14.6 Å². The molecule has 0 fully saturated rings. The number of ether oxygens (including phenoxy) is 1. The molecule has 0 aliphatic rings. The fourth-order valence-corrected chi connectivity index (χ4v) is 3.19. The van der Waals surface area contributed by atoms with Crippen molar-refractivity contribution in [1.29, 1.82) is 0 Å². The fraction of sp³-hybridized carbons (Fsp3) is 0.105. The minimum absolute atomic E-state index is 0.343. The van der Waals surface area contributed by atoms with Gasteiger partial charge >= 0.3 is 0 Å². The molecule has 0 amide bonds. The third-order valence-corrected chi connectivity index (χ3v) is 4.82. The van der Waals surface area contributed by atoms with E-state index in [1.54, 1.807) is 42.7 Å². The molecule has 7 heteroatoms. The summed E-state index contributed by atoms with van der Waals surface area (Å²) in [5.74, 6) is 1.17. The van der Waals surface area contributed by atoms with Gasteiger partial charge in [0, 0.05) is 24.3 Å². The monoisotopic (exact) mass is 388 g/mol. The van der Waals surface area contributed by atoms with Crippen LogP contribution >= 0.6 is 11.6 Å². The van der Waals surface area contributed by atoms with Crippen molar-refractivity contribution >= 4 is 22.7 Å². The van der Waals surface area contributed by atoms with Crippen LogP contribution in [0.1, 0.15) is 11.1 Å². The van der Waals surface area contributed by atoms with Gasteiger partial charge in [-0.3, -0.25) is 4.98 Å². The lowest BCUT2D eigenvalue weighted by atomic mass is 10.2. The van der Waals surface area contributed by atoms with Crippen LogP contribution < -0.4 is 10.1 Å². The summed E-state index contributed by atoms with van der Waals surface area (Å²) in [6, 6.07) is 16.1. The number of pyridine rings is 1. The van der Waals surface area contributed by atoms with Gasteiger partial charge in [-0.2, -0.15) is 0 Å². The molecule has 0 saturated heterocycles. The Morgan fingerprint density at radius 2 is 1.85 bits per heavy atom. The van der Waals surface area contributed by atoms with Gasteiger partial charge in [0.05, 0.1) is 11.1 Å². The maximum absolute atomic E-state index is 11.6. The van der Waals surface area contributed by atoms with Crippen molar-refractivity contribution in [2.24, 2.45) is 0 Å². The third-order valence-electron chi connectivity index (χ3n) is 3.68. The first-order valence-electron chi connectivity index (χ1n) is 7.89. The zero-order chi connectivity index (χ0) is 18.4. The smallest absolute Gasteiger partial charge is 0.186 e. The molecule has 0 spiro atoms. The van der Waals surface area contributed by atoms with Gasteiger partial charge in [0.15, 0.2) is 11.1 Å². The number of hydrogen-bond donors (Lipinski definition) is 2. The summed E-state index contributed by atoms with van der Waals surface area (Å²) >= 11 is 4.07. The highest BCUT2D eigenvalue weighted by molar-refractivity contribution is 7.79. The molecule has 2 N–H and O–H groups in total. The number of rotatable bonds is 7. The molecule has 5 nitrogen and oxygen atoms in total. The van der Waals surface area contributed by atoms with Gasteiger partial charge in [0.1, 0.15) is 11.5 Å². The largest absolute Gasteiger partial charge is 0.456 e. The fourth-order valence-electron chi connectivity index (χ4n) is 2.44. The molecule has 0 aliphatic carbocycles. The SMILES string of the molecule is O=S(O)c1ccc(Oc2cccnc2)cc1CNCc1ccccc1Cl. The Morgan fingerprint density at radius 3 is 2.58 bits per heavy atom. The topological polar surface area (TPSA) is 71.5 Å². The van der Waals surface area contributed by atoms with Gasteiger partial charge in [0.2, 0.25) is 0 Å². The van der Waals surface area contributed by atoms with E-state index in [9.17, 15) is 8.76 Å². The number of benzene rings is 2. The molecule has 0 radical (unpaired) electrons. The Bertz CT molecular complexity index is 906. The first kappa shape index (κ1) is 18.5. The van der Waals surface area contributed by atoms with Crippen LogP contribution in [0.5, 0.6) is 11.5 Å². The highest BCUT2D eigenvalue weighted by Crippen LogP contribution is 2.25. The summed E-state index contributed by atoms with van der Waals surface area (Å²) < 4.78 is 26.9. The molecule has 2 aromatic carbocycles. The lowest BCUT2D eigenvalue weighted by Crippen LogP contribution is -2.14. The normalized spacial score (nSPS) is 11.9. The summed E-state index contributed by atoms with van der Waals surface area (Å²) in [6.45, 7) is 0.946. The van der Waals surface area contributed by atoms with E-state index in [-0.39, 0.29) is 0 Å². The van der Waals surface area contributed by atoms with E-state index < -0.39 is 11.1 Å². The number of halogens is 1. The number of nitrogens with zero attached hydrogens (tertiary/aromatic N) is 1. The molecule has 3 aromatic rings. The van der Waals surface area contributed by atoms with E-state index in [1.807, 2.05) is 24.3 Å². The van der Waals surface area contributed by atoms with E-state index >= 15 is 0 Å². The molecule has 1 atom stereocenters. The van der Waals surface area contributed by atoms with Crippen molar-refractivity contribution < 1.29 is 13.5 Å². The predicted molar refractivity (Wildman–Crippen MR) is 102 cm³/mol. The number of nitrogens with one attached hydrogen (secondary N) is 1. The summed E-state index contributed by atoms with van der Waals surface area (Å²) in [5, 5.41) is 3.93. The van der Waals surface area contributed by atoms with Crippen molar-refractivity contribution in [3.05, 3.63) is 83.1 Å². The minimum Gasteiger partial charge on any atom is -0.456 e. The molecule has 0 bridgehead atoms. The number of aromatic nitrogens is 1. The molecule has 26 heavy (non-hydrogen) atoms. The van der Waals surface area contributed by atoms with Gasteiger partial charge in [-0.1, -0.05) is 29.8 Å². The molecule has 0 aliphatic heterocycles. The highest BCUT2D eigenvalue weighted by Gasteiger charge is 2.10. The van der Waals surface area contributed by atoms with Gasteiger partial charge in [-0.15, -0.1) is 0 Å². The standard InChI is InChI=1S/C19H17ClN2O3S/c20-18-6-2-1-4-14(18)11-22-12-15-10-16(7-8-19(15)26(23)24)25-17-5-3-9-21-13-17/h1-10,13,22H,11-12H2,(H,23,24). The van der Waals surface area contributed by atoms with Crippen LogP contribution in [0.2, 0.25) is 5.02 Å². The Morgan fingerprint density at radius 1 is 1.04 bits per heavy atom. The molecule has 0 saturated carbocycles. The van der Waals surface area contributed by atoms with Crippen LogP contribution in [0.3, 0.4) is 0 Å². The zero-order valence-electron chi connectivity index (χ0n) is 13.8. The van der Waals surface area contributed by atoms with E-state index in [1.165, 1.54) is 0 Å². The van der Waals surface area contributed by atoms with Crippen molar-refractivity contribution in [3.63, 3.8) is 0 Å². The third kappa shape index (κ3) is 4.89. The Balaban J connectivity index is 1.74. The summed E-state index contributed by atoms with van der Waals surface area (Å²) in [7, 11) is 0. The Kier molecular flexibility index (Phi) is 6.35. The maximum atomic E-state index is 11.6.